The first-order valence-corrected chi connectivity index (χ1v) is 8.42. The van der Waals surface area contributed by atoms with E-state index in [4.69, 9.17) is 19.3 Å². The predicted molar refractivity (Wildman–Crippen MR) is 78.4 cm³/mol. The Morgan fingerprint density at radius 2 is 1.72 bits per heavy atom. The van der Waals surface area contributed by atoms with Gasteiger partial charge in [0, 0.05) is 12.1 Å². The molecular weight excluding hydrogens is 365 g/mol. The number of aliphatic hydroxyl groups is 3. The molecular formula is C12H16NO11P. The van der Waals surface area contributed by atoms with Crippen LogP contribution >= 0.6 is 7.82 Å². The zero-order valence-electron chi connectivity index (χ0n) is 12.5. The van der Waals surface area contributed by atoms with Gasteiger partial charge in [0.15, 0.2) is 0 Å². The van der Waals surface area contributed by atoms with Crippen LogP contribution in [-0.4, -0.2) is 67.3 Å². The molecule has 1 aliphatic heterocycles. The average molecular weight is 381 g/mol. The standard InChI is InChI=1S/C12H16NO11P/c14-9-8(5-22-25(19,20)21)24-12(11(16)10(9)15)23-7-3-1-6(2-4-7)13(17)18/h1-4,8-12,14-16H,5H2,(H2,19,20,21)/t8-,9-,10+,11+,12+/m1/s1. The topological polar surface area (TPSA) is 189 Å². The number of aliphatic hydroxyl groups excluding tert-OH is 3. The molecule has 5 N–H and O–H groups in total. The molecule has 0 spiro atoms. The predicted octanol–water partition coefficient (Wildman–Crippen LogP) is -1.11. The molecule has 1 fully saturated rings. The summed E-state index contributed by atoms with van der Waals surface area (Å²) >= 11 is 0. The minimum Gasteiger partial charge on any atom is -0.462 e. The fraction of sp³-hybridized carbons (Fsp3) is 0.500. The minimum absolute atomic E-state index is 0.0629. The van der Waals surface area contributed by atoms with E-state index < -0.39 is 50.1 Å². The van der Waals surface area contributed by atoms with E-state index in [1.807, 2.05) is 0 Å². The number of phosphoric acid groups is 1. The lowest BCUT2D eigenvalue weighted by Gasteiger charge is -2.40. The van der Waals surface area contributed by atoms with E-state index in [1.54, 1.807) is 0 Å². The highest BCUT2D eigenvalue weighted by molar-refractivity contribution is 7.46. The van der Waals surface area contributed by atoms with Crippen LogP contribution in [0.4, 0.5) is 5.69 Å². The quantitative estimate of drug-likeness (QED) is 0.228. The number of nitro benzene ring substituents is 1. The largest absolute Gasteiger partial charge is 0.469 e. The van der Waals surface area contributed by atoms with Crippen molar-refractivity contribution in [3.8, 4) is 5.75 Å². The number of rotatable bonds is 6. The van der Waals surface area contributed by atoms with Gasteiger partial charge in [0.05, 0.1) is 11.5 Å². The van der Waals surface area contributed by atoms with E-state index in [9.17, 15) is 30.0 Å². The first kappa shape index (κ1) is 19.7. The summed E-state index contributed by atoms with van der Waals surface area (Å²) in [6.45, 7) is -0.769. The lowest BCUT2D eigenvalue weighted by molar-refractivity contribution is -0.384. The van der Waals surface area contributed by atoms with Crippen molar-refractivity contribution in [2.75, 3.05) is 6.61 Å². The maximum Gasteiger partial charge on any atom is 0.469 e. The van der Waals surface area contributed by atoms with Gasteiger partial charge in [0.25, 0.3) is 5.69 Å². The summed E-state index contributed by atoms with van der Waals surface area (Å²) in [7, 11) is -4.84. The Morgan fingerprint density at radius 1 is 1.12 bits per heavy atom. The molecule has 1 saturated heterocycles. The van der Waals surface area contributed by atoms with Crippen LogP contribution in [0.5, 0.6) is 5.75 Å². The van der Waals surface area contributed by atoms with Crippen molar-refractivity contribution in [3.63, 3.8) is 0 Å². The molecule has 25 heavy (non-hydrogen) atoms. The molecule has 1 aliphatic rings. The van der Waals surface area contributed by atoms with Gasteiger partial charge in [-0.3, -0.25) is 14.6 Å². The maximum absolute atomic E-state index is 10.7. The number of non-ortho nitro benzene ring substituents is 1. The smallest absolute Gasteiger partial charge is 0.462 e. The third kappa shape index (κ3) is 5.17. The highest BCUT2D eigenvalue weighted by Crippen LogP contribution is 2.37. The Bertz CT molecular complexity index is 647. The zero-order chi connectivity index (χ0) is 18.8. The molecule has 0 saturated carbocycles. The van der Waals surface area contributed by atoms with Gasteiger partial charge in [0.1, 0.15) is 30.2 Å². The molecule has 1 heterocycles. The molecule has 1 aromatic carbocycles. The van der Waals surface area contributed by atoms with E-state index in [0.717, 1.165) is 12.1 Å². The van der Waals surface area contributed by atoms with Crippen molar-refractivity contribution in [2.45, 2.75) is 30.7 Å². The van der Waals surface area contributed by atoms with Crippen molar-refractivity contribution >= 4 is 13.5 Å². The summed E-state index contributed by atoms with van der Waals surface area (Å²) in [5.41, 5.74) is -0.194. The average Bonchev–Trinajstić information content (AvgIpc) is 2.54. The lowest BCUT2D eigenvalue weighted by Crippen LogP contribution is -2.60. The van der Waals surface area contributed by atoms with Gasteiger partial charge in [-0.25, -0.2) is 4.57 Å². The van der Waals surface area contributed by atoms with Crippen LogP contribution in [0, 0.1) is 10.1 Å². The third-order valence-electron chi connectivity index (χ3n) is 3.38. The number of phosphoric ester groups is 1. The molecule has 0 unspecified atom stereocenters. The SMILES string of the molecule is O=[N+]([O-])c1ccc(O[C@H]2O[C@H](COP(=O)(O)O)[C@@H](O)[C@H](O)[C@@H]2O)cc1. The van der Waals surface area contributed by atoms with Crippen LogP contribution < -0.4 is 4.74 Å². The Kier molecular flexibility index (Phi) is 6.08. The molecule has 0 bridgehead atoms. The van der Waals surface area contributed by atoms with Crippen molar-refractivity contribution in [1.82, 2.24) is 0 Å². The van der Waals surface area contributed by atoms with E-state index in [-0.39, 0.29) is 11.4 Å². The fourth-order valence-corrected chi connectivity index (χ4v) is 2.44. The monoisotopic (exact) mass is 381 g/mol. The van der Waals surface area contributed by atoms with Gasteiger partial charge in [-0.15, -0.1) is 0 Å². The number of hydrogen-bond donors (Lipinski definition) is 5. The van der Waals surface area contributed by atoms with E-state index in [1.165, 1.54) is 12.1 Å². The van der Waals surface area contributed by atoms with E-state index in [0.29, 0.717) is 0 Å². The Hall–Kier alpha value is -1.63. The minimum atomic E-state index is -4.84. The van der Waals surface area contributed by atoms with Gasteiger partial charge in [0.2, 0.25) is 6.29 Å². The van der Waals surface area contributed by atoms with Crippen LogP contribution in [0.2, 0.25) is 0 Å². The van der Waals surface area contributed by atoms with Gasteiger partial charge in [-0.05, 0) is 12.1 Å². The molecule has 5 atom stereocenters. The molecule has 0 aliphatic carbocycles. The van der Waals surface area contributed by atoms with Crippen molar-refractivity contribution < 1.29 is 48.6 Å². The lowest BCUT2D eigenvalue weighted by atomic mass is 9.99. The first-order chi connectivity index (χ1) is 11.6. The molecule has 13 heteroatoms. The second-order valence-corrected chi connectivity index (χ2v) is 6.41. The zero-order valence-corrected chi connectivity index (χ0v) is 13.4. The normalized spacial score (nSPS) is 30.0. The molecule has 140 valence electrons. The van der Waals surface area contributed by atoms with Gasteiger partial charge >= 0.3 is 7.82 Å². The summed E-state index contributed by atoms with van der Waals surface area (Å²) in [6, 6.07) is 4.74. The highest BCUT2D eigenvalue weighted by atomic mass is 31.2. The van der Waals surface area contributed by atoms with E-state index in [2.05, 4.69) is 4.52 Å². The van der Waals surface area contributed by atoms with Crippen molar-refractivity contribution in [2.24, 2.45) is 0 Å². The number of nitro groups is 1. The number of nitrogens with zero attached hydrogens (tertiary/aromatic N) is 1. The van der Waals surface area contributed by atoms with Crippen LogP contribution in [-0.2, 0) is 13.8 Å². The van der Waals surface area contributed by atoms with Gasteiger partial charge in [-0.2, -0.15) is 0 Å². The van der Waals surface area contributed by atoms with Crippen molar-refractivity contribution in [3.05, 3.63) is 34.4 Å². The Balaban J connectivity index is 2.07. The summed E-state index contributed by atoms with van der Waals surface area (Å²) in [4.78, 5) is 27.3. The third-order valence-corrected chi connectivity index (χ3v) is 3.86. The van der Waals surface area contributed by atoms with Crippen LogP contribution in [0.3, 0.4) is 0 Å². The molecule has 0 aromatic heterocycles. The number of ether oxygens (including phenoxy) is 2. The first-order valence-electron chi connectivity index (χ1n) is 6.89. The molecule has 12 nitrogen and oxygen atoms in total. The molecule has 0 radical (unpaired) electrons. The molecule has 2 rings (SSSR count). The van der Waals surface area contributed by atoms with Crippen LogP contribution in [0.15, 0.2) is 24.3 Å². The summed E-state index contributed by atoms with van der Waals surface area (Å²) < 4.78 is 25.4. The summed E-state index contributed by atoms with van der Waals surface area (Å²) in [5, 5.41) is 40.1. The van der Waals surface area contributed by atoms with Crippen LogP contribution in [0.1, 0.15) is 0 Å². The molecule has 1 aromatic rings. The fourth-order valence-electron chi connectivity index (χ4n) is 2.10. The summed E-state index contributed by atoms with van der Waals surface area (Å²) in [5.74, 6) is 0.0629. The Labute approximate surface area is 140 Å². The highest BCUT2D eigenvalue weighted by Gasteiger charge is 2.45. The second-order valence-electron chi connectivity index (χ2n) is 5.17. The maximum atomic E-state index is 10.7. The number of benzene rings is 1. The van der Waals surface area contributed by atoms with E-state index >= 15 is 0 Å². The molecule has 0 amide bonds. The number of hydrogen-bond acceptors (Lipinski definition) is 9. The van der Waals surface area contributed by atoms with Gasteiger partial charge in [-0.1, -0.05) is 0 Å². The van der Waals surface area contributed by atoms with Gasteiger partial charge < -0.3 is 34.6 Å². The van der Waals surface area contributed by atoms with Crippen molar-refractivity contribution in [1.29, 1.82) is 0 Å². The summed E-state index contributed by atoms with van der Waals surface area (Å²) in [6.07, 6.45) is -8.00. The Morgan fingerprint density at radius 3 is 2.24 bits per heavy atom. The second kappa shape index (κ2) is 7.72. The van der Waals surface area contributed by atoms with Crippen LogP contribution in [0.25, 0.3) is 0 Å².